The molecule has 2 aromatic rings. The molecule has 0 atom stereocenters. The highest BCUT2D eigenvalue weighted by atomic mass is 79.9. The van der Waals surface area contributed by atoms with Crippen LogP contribution in [0, 0.1) is 10.1 Å². The van der Waals surface area contributed by atoms with Crippen molar-refractivity contribution in [3.8, 4) is 0 Å². The molecule has 6 nitrogen and oxygen atoms in total. The zero-order valence-electron chi connectivity index (χ0n) is 10.1. The molecule has 0 radical (unpaired) electrons. The first-order valence-electron chi connectivity index (χ1n) is 5.53. The van der Waals surface area contributed by atoms with E-state index in [-0.39, 0.29) is 11.3 Å². The van der Waals surface area contributed by atoms with Crippen LogP contribution in [0.25, 0.3) is 0 Å². The standard InChI is InChI=1S/C12H10BrN3O3S/c13-8-3-4-20-11(8)6-15-9-2-1-7(12(14)17)5-10(9)16(18)19/h1-5,15H,6H2,(H2,14,17). The SMILES string of the molecule is NC(=O)c1ccc(NCc2sccc2Br)c([N+](=O)[O-])c1. The van der Waals surface area contributed by atoms with E-state index in [9.17, 15) is 14.9 Å². The van der Waals surface area contributed by atoms with E-state index in [1.54, 1.807) is 0 Å². The zero-order valence-corrected chi connectivity index (χ0v) is 12.5. The summed E-state index contributed by atoms with van der Waals surface area (Å²) in [5, 5.41) is 15.9. The number of amides is 1. The van der Waals surface area contributed by atoms with E-state index in [1.165, 1.54) is 29.5 Å². The van der Waals surface area contributed by atoms with Crippen LogP contribution >= 0.6 is 27.3 Å². The van der Waals surface area contributed by atoms with Crippen molar-refractivity contribution in [2.75, 3.05) is 5.32 Å². The van der Waals surface area contributed by atoms with Crippen LogP contribution in [0.3, 0.4) is 0 Å². The molecule has 0 saturated carbocycles. The van der Waals surface area contributed by atoms with Gasteiger partial charge in [-0.3, -0.25) is 14.9 Å². The lowest BCUT2D eigenvalue weighted by Gasteiger charge is -2.07. The van der Waals surface area contributed by atoms with Crippen molar-refractivity contribution in [1.29, 1.82) is 0 Å². The van der Waals surface area contributed by atoms with Gasteiger partial charge >= 0.3 is 0 Å². The minimum absolute atomic E-state index is 0.111. The Morgan fingerprint density at radius 1 is 1.45 bits per heavy atom. The van der Waals surface area contributed by atoms with Gasteiger partial charge in [0.2, 0.25) is 5.91 Å². The number of nitro groups is 1. The van der Waals surface area contributed by atoms with E-state index in [1.807, 2.05) is 11.4 Å². The first-order valence-corrected chi connectivity index (χ1v) is 7.20. The van der Waals surface area contributed by atoms with Gasteiger partial charge in [-0.2, -0.15) is 0 Å². The minimum atomic E-state index is -0.694. The second-order valence-corrected chi connectivity index (χ2v) is 5.75. The normalized spacial score (nSPS) is 10.2. The molecule has 0 aliphatic carbocycles. The summed E-state index contributed by atoms with van der Waals surface area (Å²) < 4.78 is 0.950. The summed E-state index contributed by atoms with van der Waals surface area (Å²) in [5.74, 6) is -0.694. The Kier molecular flexibility index (Phi) is 4.35. The lowest BCUT2D eigenvalue weighted by atomic mass is 10.1. The maximum atomic E-state index is 11.1. The predicted octanol–water partition coefficient (Wildman–Crippen LogP) is 3.13. The molecule has 0 fully saturated rings. The van der Waals surface area contributed by atoms with Gasteiger partial charge in [0.1, 0.15) is 5.69 Å². The quantitative estimate of drug-likeness (QED) is 0.635. The lowest BCUT2D eigenvalue weighted by Crippen LogP contribution is -2.12. The number of hydrogen-bond donors (Lipinski definition) is 2. The molecule has 0 unspecified atom stereocenters. The molecule has 0 spiro atoms. The van der Waals surface area contributed by atoms with E-state index in [4.69, 9.17) is 5.73 Å². The number of primary amides is 1. The van der Waals surface area contributed by atoms with Crippen LogP contribution in [0.2, 0.25) is 0 Å². The van der Waals surface area contributed by atoms with E-state index < -0.39 is 10.8 Å². The monoisotopic (exact) mass is 355 g/mol. The molecule has 1 aromatic heterocycles. The Balaban J connectivity index is 2.25. The van der Waals surface area contributed by atoms with Crippen LogP contribution in [0.5, 0.6) is 0 Å². The third-order valence-corrected chi connectivity index (χ3v) is 4.54. The summed E-state index contributed by atoms with van der Waals surface area (Å²) in [6.45, 7) is 0.453. The Morgan fingerprint density at radius 3 is 2.75 bits per heavy atom. The van der Waals surface area contributed by atoms with E-state index >= 15 is 0 Å². The van der Waals surface area contributed by atoms with Crippen LogP contribution in [0.1, 0.15) is 15.2 Å². The zero-order chi connectivity index (χ0) is 14.7. The second kappa shape index (κ2) is 6.02. The molecule has 0 bridgehead atoms. The highest BCUT2D eigenvalue weighted by Crippen LogP contribution is 2.28. The van der Waals surface area contributed by atoms with Crippen LogP contribution in [0.15, 0.2) is 34.1 Å². The highest BCUT2D eigenvalue weighted by Gasteiger charge is 2.16. The average molecular weight is 356 g/mol. The molecule has 0 saturated heterocycles. The van der Waals surface area contributed by atoms with Gasteiger partial charge in [-0.1, -0.05) is 0 Å². The highest BCUT2D eigenvalue weighted by molar-refractivity contribution is 9.10. The lowest BCUT2D eigenvalue weighted by molar-refractivity contribution is -0.384. The number of hydrogen-bond acceptors (Lipinski definition) is 5. The number of halogens is 1. The summed E-state index contributed by atoms with van der Waals surface area (Å²) in [6, 6.07) is 6.03. The van der Waals surface area contributed by atoms with Gasteiger partial charge in [0.25, 0.3) is 5.69 Å². The van der Waals surface area contributed by atoms with Crippen molar-refractivity contribution in [2.45, 2.75) is 6.54 Å². The average Bonchev–Trinajstić information content (AvgIpc) is 2.81. The van der Waals surface area contributed by atoms with Gasteiger partial charge in [0, 0.05) is 21.0 Å². The molecule has 0 aliphatic heterocycles. The fourth-order valence-corrected chi connectivity index (χ4v) is 3.04. The summed E-state index contributed by atoms with van der Waals surface area (Å²) >= 11 is 4.93. The summed E-state index contributed by atoms with van der Waals surface area (Å²) in [5.41, 5.74) is 5.40. The minimum Gasteiger partial charge on any atom is -0.375 e. The molecule has 1 amide bonds. The third-order valence-electron chi connectivity index (χ3n) is 2.61. The van der Waals surface area contributed by atoms with E-state index in [2.05, 4.69) is 21.2 Å². The summed E-state index contributed by atoms with van der Waals surface area (Å²) in [4.78, 5) is 22.6. The molecule has 0 aliphatic rings. The number of nitrogens with one attached hydrogen (secondary N) is 1. The van der Waals surface area contributed by atoms with Gasteiger partial charge in [0.15, 0.2) is 0 Å². The van der Waals surface area contributed by atoms with Crippen LogP contribution < -0.4 is 11.1 Å². The number of carbonyl (C=O) groups is 1. The van der Waals surface area contributed by atoms with Gasteiger partial charge in [-0.25, -0.2) is 0 Å². The smallest absolute Gasteiger partial charge is 0.293 e. The second-order valence-electron chi connectivity index (χ2n) is 3.90. The molecule has 2 rings (SSSR count). The summed E-state index contributed by atoms with van der Waals surface area (Å²) in [7, 11) is 0. The number of rotatable bonds is 5. The number of carbonyl (C=O) groups excluding carboxylic acids is 1. The molecular weight excluding hydrogens is 346 g/mol. The third kappa shape index (κ3) is 3.14. The molecule has 1 aromatic carbocycles. The Morgan fingerprint density at radius 2 is 2.20 bits per heavy atom. The van der Waals surface area contributed by atoms with Gasteiger partial charge in [-0.15, -0.1) is 11.3 Å². The van der Waals surface area contributed by atoms with E-state index in [0.29, 0.717) is 12.2 Å². The molecular formula is C12H10BrN3O3S. The summed E-state index contributed by atoms with van der Waals surface area (Å²) in [6.07, 6.45) is 0. The number of nitrogens with zero attached hydrogens (tertiary/aromatic N) is 1. The molecule has 8 heteroatoms. The number of nitro benzene ring substituents is 1. The first kappa shape index (κ1) is 14.5. The van der Waals surface area contributed by atoms with Crippen LogP contribution in [-0.4, -0.2) is 10.8 Å². The maximum absolute atomic E-state index is 11.1. The Hall–Kier alpha value is -1.93. The topological polar surface area (TPSA) is 98.3 Å². The molecule has 20 heavy (non-hydrogen) atoms. The Bertz CT molecular complexity index is 672. The van der Waals surface area contributed by atoms with Crippen molar-refractivity contribution in [2.24, 2.45) is 5.73 Å². The Labute approximate surface area is 126 Å². The fraction of sp³-hybridized carbons (Fsp3) is 0.0833. The molecule has 104 valence electrons. The van der Waals surface area contributed by atoms with Crippen LogP contribution in [0.4, 0.5) is 11.4 Å². The molecule has 3 N–H and O–H groups in total. The van der Waals surface area contributed by atoms with Crippen LogP contribution in [-0.2, 0) is 6.54 Å². The number of thiophene rings is 1. The van der Waals surface area contributed by atoms with Gasteiger partial charge in [0.05, 0.1) is 11.5 Å². The van der Waals surface area contributed by atoms with Crippen molar-refractivity contribution >= 4 is 44.5 Å². The van der Waals surface area contributed by atoms with Crippen molar-refractivity contribution in [1.82, 2.24) is 0 Å². The fourth-order valence-electron chi connectivity index (χ4n) is 1.61. The predicted molar refractivity (Wildman–Crippen MR) is 81.0 cm³/mol. The van der Waals surface area contributed by atoms with E-state index in [0.717, 1.165) is 9.35 Å². The van der Waals surface area contributed by atoms with Crippen molar-refractivity contribution < 1.29 is 9.72 Å². The molecule has 1 heterocycles. The van der Waals surface area contributed by atoms with Crippen molar-refractivity contribution in [3.05, 3.63) is 54.7 Å². The largest absolute Gasteiger partial charge is 0.375 e. The van der Waals surface area contributed by atoms with Gasteiger partial charge in [-0.05, 0) is 39.5 Å². The maximum Gasteiger partial charge on any atom is 0.293 e. The van der Waals surface area contributed by atoms with Gasteiger partial charge < -0.3 is 11.1 Å². The number of nitrogens with two attached hydrogens (primary N) is 1. The number of benzene rings is 1. The van der Waals surface area contributed by atoms with Crippen molar-refractivity contribution in [3.63, 3.8) is 0 Å². The first-order chi connectivity index (χ1) is 9.49. The number of anilines is 1.